The molecular weight excluding hydrogens is 552 g/mol. The van der Waals surface area contributed by atoms with Gasteiger partial charge in [-0.1, -0.05) is 36.0 Å². The third-order valence-corrected chi connectivity index (χ3v) is 8.41. The van der Waals surface area contributed by atoms with E-state index in [2.05, 4.69) is 15.3 Å². The molecule has 37 heavy (non-hydrogen) atoms. The van der Waals surface area contributed by atoms with Gasteiger partial charge in [0, 0.05) is 47.7 Å². The molecule has 4 heterocycles. The van der Waals surface area contributed by atoms with Crippen LogP contribution in [0, 0.1) is 0 Å². The molecule has 0 spiro atoms. The Morgan fingerprint density at radius 2 is 1.84 bits per heavy atom. The normalized spacial score (nSPS) is 14.6. The molecular formula is C24H25ClN6O3S3. The standard InChI is InChI=1S/C24H24N6O3S3.ClH/c25-36(31,32)30-12-9-17(10-13-30)20-16-34-24(28-20)29-23-21(33-18-6-2-1-3-7-18)14-19(15-27-23)35-22-8-4-5-11-26-22;/h1-8,11,14-17H,9-10,12-13H2,(H2,25,31,32)(H,27,28,29);1H. The van der Waals surface area contributed by atoms with Crippen molar-refractivity contribution in [2.75, 3.05) is 18.4 Å². The molecule has 0 unspecified atom stereocenters. The van der Waals surface area contributed by atoms with Gasteiger partial charge < -0.3 is 10.1 Å². The summed E-state index contributed by atoms with van der Waals surface area (Å²) in [5, 5.41) is 12.1. The summed E-state index contributed by atoms with van der Waals surface area (Å²) in [5.41, 5.74) is 0.935. The van der Waals surface area contributed by atoms with Crippen LogP contribution in [0.2, 0.25) is 0 Å². The van der Waals surface area contributed by atoms with Gasteiger partial charge in [-0.05, 0) is 37.1 Å². The third-order valence-electron chi connectivity index (χ3n) is 5.64. The highest BCUT2D eigenvalue weighted by atomic mass is 35.5. The van der Waals surface area contributed by atoms with Crippen LogP contribution in [0.4, 0.5) is 10.9 Å². The zero-order chi connectivity index (χ0) is 25.0. The number of piperidine rings is 1. The second-order valence-electron chi connectivity index (χ2n) is 8.12. The second kappa shape index (κ2) is 12.2. The Bertz CT molecular complexity index is 1420. The lowest BCUT2D eigenvalue weighted by Gasteiger charge is -2.28. The molecule has 13 heteroatoms. The molecule has 0 radical (unpaired) electrons. The smallest absolute Gasteiger partial charge is 0.276 e. The van der Waals surface area contributed by atoms with Gasteiger partial charge in [-0.3, -0.25) is 0 Å². The zero-order valence-corrected chi connectivity index (χ0v) is 22.8. The first-order valence-corrected chi connectivity index (χ1v) is 14.5. The summed E-state index contributed by atoms with van der Waals surface area (Å²) in [6.45, 7) is 0.797. The molecule has 4 aromatic rings. The number of rotatable bonds is 8. The first kappa shape index (κ1) is 27.3. The Morgan fingerprint density at radius 1 is 1.08 bits per heavy atom. The molecule has 0 atom stereocenters. The summed E-state index contributed by atoms with van der Waals surface area (Å²) in [7, 11) is -3.65. The molecule has 194 valence electrons. The number of nitrogens with one attached hydrogen (secondary N) is 1. The van der Waals surface area contributed by atoms with Gasteiger partial charge in [0.15, 0.2) is 16.7 Å². The summed E-state index contributed by atoms with van der Waals surface area (Å²) in [4.78, 5) is 14.6. The largest absolute Gasteiger partial charge is 0.453 e. The van der Waals surface area contributed by atoms with E-state index in [0.29, 0.717) is 48.4 Å². The van der Waals surface area contributed by atoms with Gasteiger partial charge in [0.2, 0.25) is 0 Å². The third kappa shape index (κ3) is 7.18. The maximum Gasteiger partial charge on any atom is 0.276 e. The molecule has 0 bridgehead atoms. The van der Waals surface area contributed by atoms with Crippen molar-refractivity contribution in [1.82, 2.24) is 19.3 Å². The van der Waals surface area contributed by atoms with E-state index in [1.165, 1.54) is 27.4 Å². The fraction of sp³-hybridized carbons (Fsp3) is 0.208. The SMILES string of the molecule is Cl.NS(=O)(=O)N1CCC(c2csc(Nc3ncc(Sc4ccccn4)cc3Oc3ccccc3)n2)CC1. The number of para-hydroxylation sites is 1. The predicted molar refractivity (Wildman–Crippen MR) is 148 cm³/mol. The molecule has 3 aromatic heterocycles. The number of halogens is 1. The first-order valence-electron chi connectivity index (χ1n) is 11.3. The Balaban J connectivity index is 0.00000320. The molecule has 9 nitrogen and oxygen atoms in total. The van der Waals surface area contributed by atoms with E-state index in [-0.39, 0.29) is 18.3 Å². The van der Waals surface area contributed by atoms with Crippen molar-refractivity contribution in [2.24, 2.45) is 5.14 Å². The van der Waals surface area contributed by atoms with Crippen molar-refractivity contribution in [3.05, 3.63) is 78.1 Å². The van der Waals surface area contributed by atoms with Crippen LogP contribution < -0.4 is 15.2 Å². The quantitative estimate of drug-likeness (QED) is 0.285. The summed E-state index contributed by atoms with van der Waals surface area (Å²) in [5.74, 6) is 2.00. The number of nitrogens with zero attached hydrogens (tertiary/aromatic N) is 4. The Kier molecular flexibility index (Phi) is 9.00. The number of anilines is 2. The maximum atomic E-state index is 11.6. The highest BCUT2D eigenvalue weighted by molar-refractivity contribution is 7.99. The topological polar surface area (TPSA) is 123 Å². The van der Waals surface area contributed by atoms with E-state index in [1.807, 2.05) is 60.0 Å². The van der Waals surface area contributed by atoms with E-state index < -0.39 is 10.2 Å². The summed E-state index contributed by atoms with van der Waals surface area (Å²) in [6, 6.07) is 17.2. The second-order valence-corrected chi connectivity index (χ2v) is 11.6. The van der Waals surface area contributed by atoms with Crippen molar-refractivity contribution in [1.29, 1.82) is 0 Å². The van der Waals surface area contributed by atoms with Crippen LogP contribution in [0.15, 0.2) is 82.3 Å². The molecule has 1 aromatic carbocycles. The predicted octanol–water partition coefficient (Wildman–Crippen LogP) is 5.42. The summed E-state index contributed by atoms with van der Waals surface area (Å²) in [6.07, 6.45) is 4.89. The van der Waals surface area contributed by atoms with E-state index in [4.69, 9.17) is 14.9 Å². The van der Waals surface area contributed by atoms with Crippen molar-refractivity contribution in [2.45, 2.75) is 28.7 Å². The lowest BCUT2D eigenvalue weighted by atomic mass is 9.95. The lowest BCUT2D eigenvalue weighted by molar-refractivity contribution is 0.317. The Labute approximate surface area is 230 Å². The molecule has 1 saturated heterocycles. The lowest BCUT2D eigenvalue weighted by Crippen LogP contribution is -2.41. The molecule has 0 amide bonds. The number of benzene rings is 1. The summed E-state index contributed by atoms with van der Waals surface area (Å²) >= 11 is 2.98. The van der Waals surface area contributed by atoms with Crippen LogP contribution in [0.25, 0.3) is 0 Å². The van der Waals surface area contributed by atoms with Crippen LogP contribution in [-0.2, 0) is 10.2 Å². The van der Waals surface area contributed by atoms with Gasteiger partial charge in [-0.25, -0.2) is 20.1 Å². The molecule has 5 rings (SSSR count). The van der Waals surface area contributed by atoms with E-state index in [1.54, 1.807) is 12.4 Å². The number of aromatic nitrogens is 3. The minimum atomic E-state index is -3.65. The number of nitrogens with two attached hydrogens (primary N) is 1. The highest BCUT2D eigenvalue weighted by Gasteiger charge is 2.27. The van der Waals surface area contributed by atoms with Crippen molar-refractivity contribution in [3.8, 4) is 11.5 Å². The Hall–Kier alpha value is -2.74. The van der Waals surface area contributed by atoms with E-state index in [9.17, 15) is 8.42 Å². The molecule has 1 aliphatic rings. The summed E-state index contributed by atoms with van der Waals surface area (Å²) < 4.78 is 30.7. The fourth-order valence-electron chi connectivity index (χ4n) is 3.84. The van der Waals surface area contributed by atoms with E-state index >= 15 is 0 Å². The maximum absolute atomic E-state index is 11.6. The molecule has 0 saturated carbocycles. The first-order chi connectivity index (χ1) is 17.4. The fourth-order valence-corrected chi connectivity index (χ4v) is 6.12. The van der Waals surface area contributed by atoms with Gasteiger partial charge in [-0.15, -0.1) is 23.7 Å². The van der Waals surface area contributed by atoms with E-state index in [0.717, 1.165) is 15.6 Å². The van der Waals surface area contributed by atoms with Crippen molar-refractivity contribution >= 4 is 56.7 Å². The molecule has 3 N–H and O–H groups in total. The van der Waals surface area contributed by atoms with Crippen LogP contribution in [0.1, 0.15) is 24.5 Å². The average molecular weight is 577 g/mol. The van der Waals surface area contributed by atoms with Crippen LogP contribution in [-0.4, -0.2) is 40.8 Å². The minimum absolute atomic E-state index is 0. The number of pyridine rings is 2. The average Bonchev–Trinajstić information content (AvgIpc) is 3.35. The van der Waals surface area contributed by atoms with Gasteiger partial charge in [0.05, 0.1) is 5.69 Å². The molecule has 1 aliphatic heterocycles. The number of hydrogen-bond donors (Lipinski definition) is 2. The highest BCUT2D eigenvalue weighted by Crippen LogP contribution is 2.37. The Morgan fingerprint density at radius 3 is 2.54 bits per heavy atom. The van der Waals surface area contributed by atoms with Crippen LogP contribution in [0.5, 0.6) is 11.5 Å². The van der Waals surface area contributed by atoms with Crippen LogP contribution in [0.3, 0.4) is 0 Å². The van der Waals surface area contributed by atoms with Gasteiger partial charge in [0.25, 0.3) is 10.2 Å². The molecule has 0 aliphatic carbocycles. The van der Waals surface area contributed by atoms with Crippen molar-refractivity contribution < 1.29 is 13.2 Å². The number of ether oxygens (including phenoxy) is 1. The van der Waals surface area contributed by atoms with Gasteiger partial charge in [-0.2, -0.15) is 12.7 Å². The van der Waals surface area contributed by atoms with Crippen LogP contribution >= 0.6 is 35.5 Å². The minimum Gasteiger partial charge on any atom is -0.453 e. The molecule has 1 fully saturated rings. The van der Waals surface area contributed by atoms with Crippen molar-refractivity contribution in [3.63, 3.8) is 0 Å². The monoisotopic (exact) mass is 576 g/mol. The zero-order valence-electron chi connectivity index (χ0n) is 19.6. The van der Waals surface area contributed by atoms with Gasteiger partial charge >= 0.3 is 0 Å². The number of thiazole rings is 1. The number of hydrogen-bond acceptors (Lipinski definition) is 9. The van der Waals surface area contributed by atoms with Gasteiger partial charge in [0.1, 0.15) is 10.8 Å².